The van der Waals surface area contributed by atoms with E-state index in [0.29, 0.717) is 5.56 Å². The number of carbonyl (C=O) groups is 2. The van der Waals surface area contributed by atoms with Gasteiger partial charge in [-0.2, -0.15) is 8.42 Å². The molecule has 0 radical (unpaired) electrons. The van der Waals surface area contributed by atoms with Gasteiger partial charge in [-0.25, -0.2) is 0 Å². The second kappa shape index (κ2) is 10.6. The van der Waals surface area contributed by atoms with Crippen molar-refractivity contribution in [2.24, 2.45) is 5.73 Å². The number of hydrogen-bond donors (Lipinski definition) is 1. The minimum atomic E-state index is -3.69. The quantitative estimate of drug-likeness (QED) is 0.445. The van der Waals surface area contributed by atoms with Gasteiger partial charge >= 0.3 is 22.1 Å². The molecule has 2 N–H and O–H groups in total. The predicted octanol–water partition coefficient (Wildman–Crippen LogP) is 2.91. The number of esters is 2. The highest BCUT2D eigenvalue weighted by molar-refractivity contribution is 7.86. The monoisotopic (exact) mass is 463 g/mol. The highest BCUT2D eigenvalue weighted by Crippen LogP contribution is 2.27. The third kappa shape index (κ3) is 8.68. The molecule has 0 aliphatic heterocycles. The standard InChI is InChI=1S/C23H29NO7S/c1-23(2,3)30-22(26)21(17-10-12-18(13-11-17)31-32(4,27)28)19(24)14-20(25)29-15-16-8-6-5-7-9-16/h5-13,19,21H,14-15,24H2,1-4H3. The molecule has 2 unspecified atom stereocenters. The largest absolute Gasteiger partial charge is 0.461 e. The van der Waals surface area contributed by atoms with Gasteiger partial charge in [0.05, 0.1) is 18.6 Å². The third-order valence-electron chi connectivity index (χ3n) is 4.22. The Morgan fingerprint density at radius 1 is 1.00 bits per heavy atom. The summed E-state index contributed by atoms with van der Waals surface area (Å²) in [5.74, 6) is -2.02. The van der Waals surface area contributed by atoms with Crippen molar-refractivity contribution >= 4 is 22.1 Å². The molecule has 0 saturated carbocycles. The normalized spacial score (nSPS) is 13.7. The summed E-state index contributed by atoms with van der Waals surface area (Å²) in [6.45, 7) is 5.28. The van der Waals surface area contributed by atoms with Gasteiger partial charge in [-0.05, 0) is 44.0 Å². The lowest BCUT2D eigenvalue weighted by Gasteiger charge is -2.27. The molecule has 32 heavy (non-hydrogen) atoms. The number of carbonyl (C=O) groups excluding carboxylic acids is 2. The predicted molar refractivity (Wildman–Crippen MR) is 119 cm³/mol. The minimum absolute atomic E-state index is 0.0926. The van der Waals surface area contributed by atoms with E-state index in [-0.39, 0.29) is 18.8 Å². The number of nitrogens with two attached hydrogens (primary N) is 1. The van der Waals surface area contributed by atoms with E-state index in [1.54, 1.807) is 20.8 Å². The van der Waals surface area contributed by atoms with Gasteiger partial charge in [0.2, 0.25) is 0 Å². The van der Waals surface area contributed by atoms with E-state index in [1.807, 2.05) is 30.3 Å². The molecule has 0 aromatic heterocycles. The lowest BCUT2D eigenvalue weighted by molar-refractivity contribution is -0.157. The van der Waals surface area contributed by atoms with Crippen LogP contribution in [-0.4, -0.2) is 38.3 Å². The molecule has 0 fully saturated rings. The van der Waals surface area contributed by atoms with Gasteiger partial charge in [-0.15, -0.1) is 0 Å². The topological polar surface area (TPSA) is 122 Å². The van der Waals surface area contributed by atoms with Gasteiger partial charge in [-0.1, -0.05) is 42.5 Å². The third-order valence-corrected chi connectivity index (χ3v) is 4.72. The fourth-order valence-electron chi connectivity index (χ4n) is 2.94. The molecule has 0 aliphatic rings. The number of ether oxygens (including phenoxy) is 2. The molecular weight excluding hydrogens is 434 g/mol. The van der Waals surface area contributed by atoms with E-state index < -0.39 is 39.6 Å². The molecule has 0 heterocycles. The van der Waals surface area contributed by atoms with Crippen LogP contribution in [0.15, 0.2) is 54.6 Å². The molecule has 0 spiro atoms. The maximum Gasteiger partial charge on any atom is 0.315 e. The number of benzene rings is 2. The Kier molecular flexibility index (Phi) is 8.40. The van der Waals surface area contributed by atoms with E-state index in [4.69, 9.17) is 19.4 Å². The van der Waals surface area contributed by atoms with E-state index in [1.165, 1.54) is 24.3 Å². The Bertz CT molecular complexity index is 1010. The van der Waals surface area contributed by atoms with Gasteiger partial charge in [0, 0.05) is 6.04 Å². The van der Waals surface area contributed by atoms with E-state index in [2.05, 4.69) is 0 Å². The van der Waals surface area contributed by atoms with Crippen LogP contribution >= 0.6 is 0 Å². The van der Waals surface area contributed by atoms with Gasteiger partial charge in [0.25, 0.3) is 0 Å². The van der Waals surface area contributed by atoms with Crippen LogP contribution in [-0.2, 0) is 35.8 Å². The van der Waals surface area contributed by atoms with Gasteiger partial charge in [0.15, 0.2) is 0 Å². The van der Waals surface area contributed by atoms with E-state index in [0.717, 1.165) is 11.8 Å². The van der Waals surface area contributed by atoms with Crippen LogP contribution in [0, 0.1) is 0 Å². The van der Waals surface area contributed by atoms with Crippen molar-refractivity contribution in [1.82, 2.24) is 0 Å². The first-order valence-electron chi connectivity index (χ1n) is 10.0. The molecule has 0 amide bonds. The van der Waals surface area contributed by atoms with Crippen LogP contribution < -0.4 is 9.92 Å². The molecule has 2 rings (SSSR count). The van der Waals surface area contributed by atoms with E-state index in [9.17, 15) is 18.0 Å². The SMILES string of the molecule is CC(C)(C)OC(=O)C(c1ccc(OS(C)(=O)=O)cc1)C(N)CC(=O)OCc1ccccc1. The maximum atomic E-state index is 12.9. The Morgan fingerprint density at radius 2 is 1.59 bits per heavy atom. The summed E-state index contributed by atoms with van der Waals surface area (Å²) < 4.78 is 38.2. The zero-order valence-electron chi connectivity index (χ0n) is 18.6. The second-order valence-corrected chi connectivity index (χ2v) is 9.96. The molecule has 0 aliphatic carbocycles. The summed E-state index contributed by atoms with van der Waals surface area (Å²) >= 11 is 0. The van der Waals surface area contributed by atoms with Crippen LogP contribution in [0.1, 0.15) is 44.2 Å². The van der Waals surface area contributed by atoms with Crippen molar-refractivity contribution in [3.8, 4) is 5.75 Å². The van der Waals surface area contributed by atoms with Crippen molar-refractivity contribution in [2.75, 3.05) is 6.26 Å². The number of hydrogen-bond acceptors (Lipinski definition) is 8. The average Bonchev–Trinajstić information content (AvgIpc) is 2.66. The average molecular weight is 464 g/mol. The summed E-state index contributed by atoms with van der Waals surface area (Å²) in [4.78, 5) is 25.2. The summed E-state index contributed by atoms with van der Waals surface area (Å²) in [6.07, 6.45) is 0.722. The molecule has 8 nitrogen and oxygen atoms in total. The van der Waals surface area contributed by atoms with Gasteiger partial charge < -0.3 is 19.4 Å². The lowest BCUT2D eigenvalue weighted by atomic mass is 9.89. The highest BCUT2D eigenvalue weighted by atomic mass is 32.2. The molecule has 174 valence electrons. The van der Waals surface area contributed by atoms with E-state index >= 15 is 0 Å². The molecule has 0 bridgehead atoms. The van der Waals surface area contributed by atoms with Crippen LogP contribution in [0.3, 0.4) is 0 Å². The number of rotatable bonds is 9. The van der Waals surface area contributed by atoms with Crippen LogP contribution in [0.2, 0.25) is 0 Å². The summed E-state index contributed by atoms with van der Waals surface area (Å²) in [5, 5.41) is 0. The Morgan fingerprint density at radius 3 is 2.12 bits per heavy atom. The lowest BCUT2D eigenvalue weighted by Crippen LogP contribution is -2.39. The Labute approximate surface area is 188 Å². The zero-order valence-corrected chi connectivity index (χ0v) is 19.4. The molecule has 9 heteroatoms. The van der Waals surface area contributed by atoms with Crippen molar-refractivity contribution in [3.05, 3.63) is 65.7 Å². The fourth-order valence-corrected chi connectivity index (χ4v) is 3.40. The smallest absolute Gasteiger partial charge is 0.315 e. The van der Waals surface area contributed by atoms with Gasteiger partial charge in [0.1, 0.15) is 18.0 Å². The first kappa shape index (κ1) is 25.4. The molecule has 2 atom stereocenters. The fraction of sp³-hybridized carbons (Fsp3) is 0.391. The molecule has 0 saturated heterocycles. The summed E-state index contributed by atoms with van der Waals surface area (Å²) in [6, 6.07) is 14.1. The van der Waals surface area contributed by atoms with Crippen LogP contribution in [0.25, 0.3) is 0 Å². The zero-order chi connectivity index (χ0) is 23.9. The van der Waals surface area contributed by atoms with Crippen LogP contribution in [0.4, 0.5) is 0 Å². The molecular formula is C23H29NO7S. The second-order valence-electron chi connectivity index (χ2n) is 8.38. The first-order chi connectivity index (χ1) is 14.8. The van der Waals surface area contributed by atoms with Crippen molar-refractivity contribution < 1.29 is 31.7 Å². The summed E-state index contributed by atoms with van der Waals surface area (Å²) in [5.41, 5.74) is 6.78. The summed E-state index contributed by atoms with van der Waals surface area (Å²) in [7, 11) is -3.69. The highest BCUT2D eigenvalue weighted by Gasteiger charge is 2.33. The van der Waals surface area contributed by atoms with Crippen molar-refractivity contribution in [3.63, 3.8) is 0 Å². The maximum absolute atomic E-state index is 12.9. The van der Waals surface area contributed by atoms with Crippen molar-refractivity contribution in [1.29, 1.82) is 0 Å². The van der Waals surface area contributed by atoms with Crippen LogP contribution in [0.5, 0.6) is 5.75 Å². The first-order valence-corrected chi connectivity index (χ1v) is 11.8. The van der Waals surface area contributed by atoms with Gasteiger partial charge in [-0.3, -0.25) is 9.59 Å². The molecule has 2 aromatic carbocycles. The minimum Gasteiger partial charge on any atom is -0.461 e. The Balaban J connectivity index is 2.16. The molecule has 2 aromatic rings. The van der Waals surface area contributed by atoms with Crippen molar-refractivity contribution in [2.45, 2.75) is 51.4 Å². The Hall–Kier alpha value is -2.91.